The molecular formula is C11H11ClFN3O. The Hall–Kier alpha value is -1.20. The molecule has 2 aromatic rings. The Balaban J connectivity index is 2.08. The molecule has 1 aliphatic heterocycles. The maximum Gasteiger partial charge on any atom is 0.171 e. The summed E-state index contributed by atoms with van der Waals surface area (Å²) in [5, 5.41) is 4.44. The highest BCUT2D eigenvalue weighted by atomic mass is 35.5. The third kappa shape index (κ3) is 1.79. The van der Waals surface area contributed by atoms with Crippen LogP contribution in [0.3, 0.4) is 0 Å². The van der Waals surface area contributed by atoms with Gasteiger partial charge in [0.05, 0.1) is 23.3 Å². The third-order valence-electron chi connectivity index (χ3n) is 2.98. The Labute approximate surface area is 102 Å². The van der Waals surface area contributed by atoms with Gasteiger partial charge >= 0.3 is 0 Å². The van der Waals surface area contributed by atoms with E-state index in [9.17, 15) is 4.39 Å². The molecule has 0 N–H and O–H groups in total. The molecular weight excluding hydrogens is 245 g/mol. The van der Waals surface area contributed by atoms with Crippen molar-refractivity contribution in [1.82, 2.24) is 14.8 Å². The van der Waals surface area contributed by atoms with E-state index >= 15 is 0 Å². The highest BCUT2D eigenvalue weighted by Gasteiger charge is 2.20. The normalized spacial score (nSPS) is 20.9. The number of hydrogen-bond donors (Lipinski definition) is 0. The molecule has 4 nitrogen and oxygen atoms in total. The number of hydrogen-bond acceptors (Lipinski definition) is 3. The number of ether oxygens (including phenoxy) is 1. The van der Waals surface area contributed by atoms with Crippen LogP contribution < -0.4 is 0 Å². The van der Waals surface area contributed by atoms with Crippen molar-refractivity contribution in [3.63, 3.8) is 0 Å². The van der Waals surface area contributed by atoms with Gasteiger partial charge in [-0.3, -0.25) is 0 Å². The van der Waals surface area contributed by atoms with Gasteiger partial charge < -0.3 is 4.74 Å². The largest absolute Gasteiger partial charge is 0.356 e. The van der Waals surface area contributed by atoms with Crippen molar-refractivity contribution in [3.05, 3.63) is 23.4 Å². The molecule has 1 unspecified atom stereocenters. The van der Waals surface area contributed by atoms with Crippen molar-refractivity contribution >= 4 is 22.5 Å². The number of halogens is 2. The second-order valence-electron chi connectivity index (χ2n) is 4.07. The number of aromatic nitrogens is 3. The zero-order valence-electron chi connectivity index (χ0n) is 9.07. The van der Waals surface area contributed by atoms with Crippen LogP contribution >= 0.6 is 11.6 Å². The van der Waals surface area contributed by atoms with Crippen LogP contribution in [-0.2, 0) is 4.74 Å². The smallest absolute Gasteiger partial charge is 0.171 e. The number of nitrogens with zero attached hydrogens (tertiary/aromatic N) is 3. The molecule has 0 bridgehead atoms. The van der Waals surface area contributed by atoms with Crippen LogP contribution in [0.4, 0.5) is 4.39 Å². The first-order valence-corrected chi connectivity index (χ1v) is 5.94. The number of fused-ring (bicyclic) bond motifs is 1. The fourth-order valence-electron chi connectivity index (χ4n) is 2.10. The maximum atomic E-state index is 13.7. The minimum absolute atomic E-state index is 0.122. The molecule has 2 aromatic heterocycles. The summed E-state index contributed by atoms with van der Waals surface area (Å²) >= 11 is 5.63. The summed E-state index contributed by atoms with van der Waals surface area (Å²) in [6.45, 7) is 0.718. The average Bonchev–Trinajstić information content (AvgIpc) is 2.79. The molecule has 6 heteroatoms. The predicted molar refractivity (Wildman–Crippen MR) is 61.3 cm³/mol. The summed E-state index contributed by atoms with van der Waals surface area (Å²) in [6, 6.07) is 0. The zero-order valence-corrected chi connectivity index (χ0v) is 9.82. The summed E-state index contributed by atoms with van der Waals surface area (Å²) in [6.07, 6.45) is 5.93. The van der Waals surface area contributed by atoms with E-state index in [1.165, 1.54) is 12.4 Å². The molecule has 17 heavy (non-hydrogen) atoms. The highest BCUT2D eigenvalue weighted by molar-refractivity contribution is 6.30. The standard InChI is InChI=1S/C11H11ClFN3O/c12-11-10(13)7-5-15-16(8(7)6-14-11)9-3-1-2-4-17-9/h5-6,9H,1-4H2. The lowest BCUT2D eigenvalue weighted by molar-refractivity contribution is -0.0367. The number of pyridine rings is 1. The van der Waals surface area contributed by atoms with Gasteiger partial charge in [-0.15, -0.1) is 0 Å². The van der Waals surface area contributed by atoms with E-state index in [1.54, 1.807) is 4.68 Å². The van der Waals surface area contributed by atoms with Crippen molar-refractivity contribution in [2.24, 2.45) is 0 Å². The van der Waals surface area contributed by atoms with Gasteiger partial charge in [0.2, 0.25) is 0 Å². The molecule has 1 fully saturated rings. The van der Waals surface area contributed by atoms with Gasteiger partial charge in [-0.1, -0.05) is 11.6 Å². The van der Waals surface area contributed by atoms with Gasteiger partial charge in [-0.25, -0.2) is 14.1 Å². The van der Waals surface area contributed by atoms with Gasteiger partial charge in [0.1, 0.15) is 0 Å². The molecule has 90 valence electrons. The molecule has 0 amide bonds. The van der Waals surface area contributed by atoms with Gasteiger partial charge in [0.15, 0.2) is 17.2 Å². The van der Waals surface area contributed by atoms with E-state index in [0.717, 1.165) is 25.9 Å². The molecule has 0 aromatic carbocycles. The average molecular weight is 256 g/mol. The maximum absolute atomic E-state index is 13.7. The van der Waals surface area contributed by atoms with E-state index in [2.05, 4.69) is 10.1 Å². The fourth-order valence-corrected chi connectivity index (χ4v) is 2.25. The highest BCUT2D eigenvalue weighted by Crippen LogP contribution is 2.28. The molecule has 3 heterocycles. The van der Waals surface area contributed by atoms with E-state index in [4.69, 9.17) is 16.3 Å². The first kappa shape index (κ1) is 10.9. The molecule has 1 atom stereocenters. The second-order valence-corrected chi connectivity index (χ2v) is 4.43. The van der Waals surface area contributed by atoms with Crippen molar-refractivity contribution in [3.8, 4) is 0 Å². The Morgan fingerprint density at radius 2 is 2.29 bits per heavy atom. The van der Waals surface area contributed by atoms with E-state index in [0.29, 0.717) is 10.9 Å². The van der Waals surface area contributed by atoms with Crippen molar-refractivity contribution < 1.29 is 9.13 Å². The van der Waals surface area contributed by atoms with E-state index in [1.807, 2.05) is 0 Å². The van der Waals surface area contributed by atoms with Crippen molar-refractivity contribution in [2.75, 3.05) is 6.61 Å². The lowest BCUT2D eigenvalue weighted by atomic mass is 10.2. The van der Waals surface area contributed by atoms with Crippen LogP contribution in [0.1, 0.15) is 25.5 Å². The van der Waals surface area contributed by atoms with E-state index in [-0.39, 0.29) is 11.4 Å². The Morgan fingerprint density at radius 1 is 1.41 bits per heavy atom. The second kappa shape index (κ2) is 4.23. The molecule has 3 rings (SSSR count). The SMILES string of the molecule is Fc1c(Cl)ncc2c1cnn2C1CCCCO1. The van der Waals surface area contributed by atoms with Crippen LogP contribution in [0, 0.1) is 5.82 Å². The summed E-state index contributed by atoms with van der Waals surface area (Å²) in [5.74, 6) is -0.522. The number of rotatable bonds is 1. The van der Waals surface area contributed by atoms with Crippen LogP contribution in [0.5, 0.6) is 0 Å². The Bertz CT molecular complexity index is 551. The van der Waals surface area contributed by atoms with Gasteiger partial charge in [0, 0.05) is 6.61 Å². The quantitative estimate of drug-likeness (QED) is 0.736. The summed E-state index contributed by atoms with van der Waals surface area (Å²) < 4.78 is 21.0. The topological polar surface area (TPSA) is 39.9 Å². The fraction of sp³-hybridized carbons (Fsp3) is 0.455. The molecule has 0 aliphatic carbocycles. The predicted octanol–water partition coefficient (Wildman–Crippen LogP) is 2.92. The van der Waals surface area contributed by atoms with Crippen LogP contribution in [0.25, 0.3) is 10.9 Å². The molecule has 0 saturated carbocycles. The van der Waals surface area contributed by atoms with E-state index < -0.39 is 5.82 Å². The lowest BCUT2D eigenvalue weighted by Crippen LogP contribution is -2.19. The molecule has 0 radical (unpaired) electrons. The first-order valence-electron chi connectivity index (χ1n) is 5.56. The summed E-state index contributed by atoms with van der Waals surface area (Å²) in [4.78, 5) is 3.81. The monoisotopic (exact) mass is 255 g/mol. The Morgan fingerprint density at radius 3 is 3.06 bits per heavy atom. The van der Waals surface area contributed by atoms with Crippen LogP contribution in [-0.4, -0.2) is 21.4 Å². The van der Waals surface area contributed by atoms with Gasteiger partial charge in [-0.2, -0.15) is 5.10 Å². The van der Waals surface area contributed by atoms with Gasteiger partial charge in [-0.05, 0) is 19.3 Å². The van der Waals surface area contributed by atoms with Crippen LogP contribution in [0.2, 0.25) is 5.15 Å². The third-order valence-corrected chi connectivity index (χ3v) is 3.24. The zero-order chi connectivity index (χ0) is 11.8. The minimum Gasteiger partial charge on any atom is -0.356 e. The van der Waals surface area contributed by atoms with Gasteiger partial charge in [0.25, 0.3) is 0 Å². The van der Waals surface area contributed by atoms with Crippen LogP contribution in [0.15, 0.2) is 12.4 Å². The van der Waals surface area contributed by atoms with Crippen molar-refractivity contribution in [1.29, 1.82) is 0 Å². The summed E-state index contributed by atoms with van der Waals surface area (Å²) in [7, 11) is 0. The van der Waals surface area contributed by atoms with Crippen molar-refractivity contribution in [2.45, 2.75) is 25.5 Å². The summed E-state index contributed by atoms with van der Waals surface area (Å²) in [5.41, 5.74) is 0.624. The minimum atomic E-state index is -0.522. The lowest BCUT2D eigenvalue weighted by Gasteiger charge is -2.23. The molecule has 1 aliphatic rings. The molecule has 0 spiro atoms. The Kier molecular flexibility index (Phi) is 2.72. The molecule has 1 saturated heterocycles. The first-order chi connectivity index (χ1) is 8.27.